The Bertz CT molecular complexity index is 745. The van der Waals surface area contributed by atoms with E-state index in [0.29, 0.717) is 18.1 Å². The van der Waals surface area contributed by atoms with Gasteiger partial charge in [0.1, 0.15) is 18.1 Å². The number of hydrogen-bond acceptors (Lipinski definition) is 3. The summed E-state index contributed by atoms with van der Waals surface area (Å²) in [5.41, 5.74) is 2.58. The van der Waals surface area contributed by atoms with Gasteiger partial charge in [0.15, 0.2) is 0 Å². The largest absolute Gasteiger partial charge is 0.497 e. The van der Waals surface area contributed by atoms with Crippen LogP contribution in [0.2, 0.25) is 5.02 Å². The molecule has 0 radical (unpaired) electrons. The fraction of sp³-hybridized carbons (Fsp3) is 0.278. The fourth-order valence-electron chi connectivity index (χ4n) is 2.64. The van der Waals surface area contributed by atoms with E-state index in [9.17, 15) is 4.79 Å². The minimum atomic E-state index is -0.243. The quantitative estimate of drug-likeness (QED) is 0.929. The van der Waals surface area contributed by atoms with Crippen molar-refractivity contribution in [1.29, 1.82) is 0 Å². The highest BCUT2D eigenvalue weighted by atomic mass is 35.5. The molecule has 0 spiro atoms. The van der Waals surface area contributed by atoms with Crippen LogP contribution in [0, 0.1) is 12.8 Å². The number of rotatable bonds is 3. The second-order valence-corrected chi connectivity index (χ2v) is 5.99. The molecule has 0 saturated carbocycles. The third-order valence-corrected chi connectivity index (χ3v) is 4.48. The Hall–Kier alpha value is -2.20. The molecular weight excluding hydrogens is 314 g/mol. The van der Waals surface area contributed by atoms with Crippen molar-refractivity contribution < 1.29 is 14.3 Å². The van der Waals surface area contributed by atoms with Gasteiger partial charge in [0.25, 0.3) is 0 Å². The summed E-state index contributed by atoms with van der Waals surface area (Å²) in [7, 11) is 1.62. The minimum absolute atomic E-state index is 0.0659. The first kappa shape index (κ1) is 15.7. The smallest absolute Gasteiger partial charge is 0.231 e. The molecule has 3 rings (SSSR count). The number of halogens is 1. The predicted octanol–water partition coefficient (Wildman–Crippen LogP) is 3.85. The van der Waals surface area contributed by atoms with E-state index in [1.807, 2.05) is 37.3 Å². The lowest BCUT2D eigenvalue weighted by molar-refractivity contribution is -0.121. The Morgan fingerprint density at radius 1 is 1.35 bits per heavy atom. The molecule has 0 saturated heterocycles. The monoisotopic (exact) mass is 331 g/mol. The first-order valence-corrected chi connectivity index (χ1v) is 7.82. The van der Waals surface area contributed by atoms with E-state index in [1.54, 1.807) is 13.2 Å². The number of fused-ring (bicyclic) bond motifs is 1. The molecule has 23 heavy (non-hydrogen) atoms. The molecule has 1 N–H and O–H groups in total. The van der Waals surface area contributed by atoms with Crippen LogP contribution in [-0.4, -0.2) is 19.6 Å². The zero-order valence-electron chi connectivity index (χ0n) is 13.1. The van der Waals surface area contributed by atoms with E-state index in [4.69, 9.17) is 21.1 Å². The average Bonchev–Trinajstić information content (AvgIpc) is 2.57. The second-order valence-electron chi connectivity index (χ2n) is 5.59. The number of hydrogen-bond donors (Lipinski definition) is 1. The van der Waals surface area contributed by atoms with Crippen LogP contribution in [0.1, 0.15) is 11.1 Å². The Morgan fingerprint density at radius 3 is 2.96 bits per heavy atom. The molecule has 1 aliphatic heterocycles. The zero-order valence-corrected chi connectivity index (χ0v) is 13.8. The predicted molar refractivity (Wildman–Crippen MR) is 90.5 cm³/mol. The van der Waals surface area contributed by atoms with Crippen LogP contribution < -0.4 is 14.8 Å². The molecule has 4 nitrogen and oxygen atoms in total. The molecule has 1 atom stereocenters. The van der Waals surface area contributed by atoms with Crippen molar-refractivity contribution in [1.82, 2.24) is 0 Å². The van der Waals surface area contributed by atoms with Crippen molar-refractivity contribution in [2.24, 2.45) is 5.92 Å². The summed E-state index contributed by atoms with van der Waals surface area (Å²) in [4.78, 5) is 12.5. The number of nitrogens with one attached hydrogen (secondary N) is 1. The molecule has 1 aliphatic rings. The topological polar surface area (TPSA) is 47.6 Å². The van der Waals surface area contributed by atoms with Crippen molar-refractivity contribution in [2.45, 2.75) is 13.3 Å². The maximum atomic E-state index is 12.5. The van der Waals surface area contributed by atoms with Crippen molar-refractivity contribution in [3.05, 3.63) is 52.5 Å². The number of carbonyl (C=O) groups excluding carboxylic acids is 1. The van der Waals surface area contributed by atoms with Crippen molar-refractivity contribution in [2.75, 3.05) is 19.0 Å². The third kappa shape index (κ3) is 3.27. The van der Waals surface area contributed by atoms with E-state index < -0.39 is 0 Å². The molecule has 120 valence electrons. The number of amides is 1. The first-order chi connectivity index (χ1) is 11.1. The van der Waals surface area contributed by atoms with Gasteiger partial charge >= 0.3 is 0 Å². The normalized spacial score (nSPS) is 16.2. The van der Waals surface area contributed by atoms with Crippen LogP contribution in [0.3, 0.4) is 0 Å². The van der Waals surface area contributed by atoms with Crippen LogP contribution in [-0.2, 0) is 11.2 Å². The van der Waals surface area contributed by atoms with Crippen LogP contribution >= 0.6 is 11.6 Å². The van der Waals surface area contributed by atoms with Gasteiger partial charge in [-0.15, -0.1) is 0 Å². The van der Waals surface area contributed by atoms with Crippen LogP contribution in [0.4, 0.5) is 5.69 Å². The molecule has 1 heterocycles. The summed E-state index contributed by atoms with van der Waals surface area (Å²) in [6.07, 6.45) is 0.623. The Labute approximate surface area is 140 Å². The number of anilines is 1. The SMILES string of the molecule is COc1ccc2c(c1)C[C@@H](C(=O)Nc1cccc(Cl)c1C)CO2. The van der Waals surface area contributed by atoms with E-state index in [0.717, 1.165) is 28.3 Å². The highest BCUT2D eigenvalue weighted by Crippen LogP contribution is 2.31. The number of carbonyl (C=O) groups is 1. The lowest BCUT2D eigenvalue weighted by Gasteiger charge is -2.25. The summed E-state index contributed by atoms with van der Waals surface area (Å²) >= 11 is 6.09. The Balaban J connectivity index is 1.75. The van der Waals surface area contributed by atoms with Crippen LogP contribution in [0.25, 0.3) is 0 Å². The molecule has 0 fully saturated rings. The van der Waals surface area contributed by atoms with Gasteiger partial charge in [-0.2, -0.15) is 0 Å². The lowest BCUT2D eigenvalue weighted by Crippen LogP contribution is -2.32. The number of methoxy groups -OCH3 is 1. The van der Waals surface area contributed by atoms with Gasteiger partial charge in [0, 0.05) is 10.7 Å². The zero-order chi connectivity index (χ0) is 16.4. The number of benzene rings is 2. The van der Waals surface area contributed by atoms with E-state index in [1.165, 1.54) is 0 Å². The summed E-state index contributed by atoms with van der Waals surface area (Å²) in [5, 5.41) is 3.58. The maximum Gasteiger partial charge on any atom is 0.231 e. The number of ether oxygens (including phenoxy) is 2. The van der Waals surface area contributed by atoms with Crippen molar-refractivity contribution >= 4 is 23.2 Å². The molecule has 0 aromatic heterocycles. The Morgan fingerprint density at radius 2 is 2.17 bits per heavy atom. The van der Waals surface area contributed by atoms with Gasteiger partial charge in [-0.25, -0.2) is 0 Å². The molecular formula is C18H18ClNO3. The summed E-state index contributed by atoms with van der Waals surface area (Å²) in [6, 6.07) is 11.1. The molecule has 0 aliphatic carbocycles. The third-order valence-electron chi connectivity index (χ3n) is 4.07. The van der Waals surface area contributed by atoms with E-state index in [2.05, 4.69) is 5.32 Å². The Kier molecular flexibility index (Phi) is 4.44. The molecule has 1 amide bonds. The summed E-state index contributed by atoms with van der Waals surface area (Å²) in [5.74, 6) is 1.27. The molecule has 0 unspecified atom stereocenters. The van der Waals surface area contributed by atoms with Gasteiger partial charge in [-0.1, -0.05) is 17.7 Å². The van der Waals surface area contributed by atoms with Gasteiger partial charge in [-0.3, -0.25) is 4.79 Å². The van der Waals surface area contributed by atoms with Crippen LogP contribution in [0.5, 0.6) is 11.5 Å². The van der Waals surface area contributed by atoms with Gasteiger partial charge in [-0.05, 0) is 54.8 Å². The first-order valence-electron chi connectivity index (χ1n) is 7.44. The minimum Gasteiger partial charge on any atom is -0.497 e. The standard InChI is InChI=1S/C18H18ClNO3/c1-11-15(19)4-3-5-16(11)20-18(21)13-8-12-9-14(22-2)6-7-17(12)23-10-13/h3-7,9,13H,8,10H2,1-2H3,(H,20,21)/t13-/m1/s1. The van der Waals surface area contributed by atoms with Crippen molar-refractivity contribution in [3.8, 4) is 11.5 Å². The summed E-state index contributed by atoms with van der Waals surface area (Å²) < 4.78 is 10.9. The lowest BCUT2D eigenvalue weighted by atomic mass is 9.95. The van der Waals surface area contributed by atoms with Crippen LogP contribution in [0.15, 0.2) is 36.4 Å². The second kappa shape index (κ2) is 6.50. The van der Waals surface area contributed by atoms with Crippen molar-refractivity contribution in [3.63, 3.8) is 0 Å². The molecule has 5 heteroatoms. The molecule has 0 bridgehead atoms. The van der Waals surface area contributed by atoms with Gasteiger partial charge in [0.05, 0.1) is 13.0 Å². The van der Waals surface area contributed by atoms with E-state index in [-0.39, 0.29) is 11.8 Å². The highest BCUT2D eigenvalue weighted by molar-refractivity contribution is 6.31. The molecule has 2 aromatic carbocycles. The van der Waals surface area contributed by atoms with E-state index >= 15 is 0 Å². The molecule has 2 aromatic rings. The average molecular weight is 332 g/mol. The van der Waals surface area contributed by atoms with Gasteiger partial charge in [0.2, 0.25) is 5.91 Å². The fourth-order valence-corrected chi connectivity index (χ4v) is 2.82. The summed E-state index contributed by atoms with van der Waals surface area (Å²) in [6.45, 7) is 2.25. The van der Waals surface area contributed by atoms with Gasteiger partial charge < -0.3 is 14.8 Å². The maximum absolute atomic E-state index is 12.5. The highest BCUT2D eigenvalue weighted by Gasteiger charge is 2.26.